The van der Waals surface area contributed by atoms with Gasteiger partial charge in [-0.3, -0.25) is 9.59 Å². The number of amides is 3. The van der Waals surface area contributed by atoms with Crippen molar-refractivity contribution in [2.75, 3.05) is 11.9 Å². The van der Waals surface area contributed by atoms with Crippen molar-refractivity contribution in [2.24, 2.45) is 0 Å². The van der Waals surface area contributed by atoms with Crippen LogP contribution in [-0.4, -0.2) is 46.1 Å². The van der Waals surface area contributed by atoms with Crippen LogP contribution in [0.3, 0.4) is 0 Å². The molecule has 0 aromatic heterocycles. The molecule has 43 heavy (non-hydrogen) atoms. The summed E-state index contributed by atoms with van der Waals surface area (Å²) in [4.78, 5) is 42.6. The smallest absolute Gasteiger partial charge is 0.408 e. The molecule has 0 saturated carbocycles. The van der Waals surface area contributed by atoms with Crippen LogP contribution in [0.4, 0.5) is 10.5 Å². The van der Waals surface area contributed by atoms with Crippen LogP contribution in [0.1, 0.15) is 37.9 Å². The molecule has 2 atom stereocenters. The van der Waals surface area contributed by atoms with Crippen LogP contribution in [0.25, 0.3) is 10.8 Å². The maximum atomic E-state index is 14.3. The quantitative estimate of drug-likeness (QED) is 0.189. The average Bonchev–Trinajstić information content (AvgIpc) is 2.96. The van der Waals surface area contributed by atoms with E-state index in [0.717, 1.165) is 16.3 Å². The Balaban J connectivity index is 1.72. The number of phenols is 1. The van der Waals surface area contributed by atoms with Gasteiger partial charge in [-0.25, -0.2) is 4.79 Å². The van der Waals surface area contributed by atoms with Crippen molar-refractivity contribution in [2.45, 2.75) is 44.9 Å². The molecule has 0 aliphatic carbocycles. The van der Waals surface area contributed by atoms with Gasteiger partial charge in [0.2, 0.25) is 5.91 Å². The first kappa shape index (κ1) is 30.8. The molecule has 0 heterocycles. The zero-order valence-electron chi connectivity index (χ0n) is 24.6. The largest absolute Gasteiger partial charge is 0.508 e. The molecule has 3 N–H and O–H groups in total. The maximum absolute atomic E-state index is 14.3. The van der Waals surface area contributed by atoms with Gasteiger partial charge in [0.25, 0.3) is 5.91 Å². The van der Waals surface area contributed by atoms with E-state index in [9.17, 15) is 19.5 Å². The molecule has 0 aliphatic rings. The number of hydrogen-bond donors (Lipinski definition) is 3. The van der Waals surface area contributed by atoms with E-state index < -0.39 is 35.6 Å². The van der Waals surface area contributed by atoms with E-state index in [1.165, 1.54) is 23.1 Å². The fourth-order valence-electron chi connectivity index (χ4n) is 4.81. The number of carbonyl (C=O) groups excluding carboxylic acids is 3. The fraction of sp³-hybridized carbons (Fsp3) is 0.229. The monoisotopic (exact) mass is 579 g/mol. The molecule has 4 aromatic rings. The molecule has 2 unspecified atom stereocenters. The topological polar surface area (TPSA) is 108 Å². The number of nitrogens with zero attached hydrogens (tertiary/aromatic N) is 1. The number of hydrogen-bond acceptors (Lipinski definition) is 5. The predicted octanol–water partition coefficient (Wildman–Crippen LogP) is 6.38. The number of phenolic OH excluding ortho intramolecular Hbond substituents is 1. The molecule has 222 valence electrons. The van der Waals surface area contributed by atoms with E-state index in [-0.39, 0.29) is 18.7 Å². The molecule has 4 aromatic carbocycles. The highest BCUT2D eigenvalue weighted by Crippen LogP contribution is 2.28. The number of carbonyl (C=O) groups is 3. The highest BCUT2D eigenvalue weighted by atomic mass is 16.6. The number of fused-ring (bicyclic) bond motifs is 1. The molecular weight excluding hydrogens is 542 g/mol. The van der Waals surface area contributed by atoms with Gasteiger partial charge in [0.05, 0.1) is 0 Å². The number of nitrogens with one attached hydrogen (secondary N) is 2. The molecule has 0 radical (unpaired) electrons. The lowest BCUT2D eigenvalue weighted by molar-refractivity contribution is -0.140. The summed E-state index contributed by atoms with van der Waals surface area (Å²) >= 11 is 0. The third-order valence-electron chi connectivity index (χ3n) is 6.64. The van der Waals surface area contributed by atoms with Gasteiger partial charge >= 0.3 is 6.09 Å². The molecule has 3 amide bonds. The number of anilines is 1. The highest BCUT2D eigenvalue weighted by Gasteiger charge is 2.36. The number of rotatable bonds is 10. The summed E-state index contributed by atoms with van der Waals surface area (Å²) < 4.78 is 5.46. The van der Waals surface area contributed by atoms with E-state index >= 15 is 0 Å². The maximum Gasteiger partial charge on any atom is 0.408 e. The summed E-state index contributed by atoms with van der Waals surface area (Å²) in [6.45, 7) is 9.02. The zero-order valence-corrected chi connectivity index (χ0v) is 24.6. The van der Waals surface area contributed by atoms with Crippen LogP contribution in [0.5, 0.6) is 5.75 Å². The minimum Gasteiger partial charge on any atom is -0.508 e. The summed E-state index contributed by atoms with van der Waals surface area (Å²) in [5, 5.41) is 17.9. The SMILES string of the molecule is C=CCN(C(=O)C(Cc1ccccc1)NC(=O)OC(C)(C)C)C(C(=O)Nc1ccc2ccccc2c1)c1cccc(O)c1. The van der Waals surface area contributed by atoms with E-state index in [1.54, 1.807) is 39.0 Å². The van der Waals surface area contributed by atoms with Crippen molar-refractivity contribution < 1.29 is 24.2 Å². The zero-order chi connectivity index (χ0) is 31.0. The van der Waals surface area contributed by atoms with Crippen molar-refractivity contribution in [3.63, 3.8) is 0 Å². The summed E-state index contributed by atoms with van der Waals surface area (Å²) in [6.07, 6.45) is 0.921. The lowest BCUT2D eigenvalue weighted by Crippen LogP contribution is -2.53. The van der Waals surface area contributed by atoms with Crippen molar-refractivity contribution in [3.05, 3.63) is 121 Å². The van der Waals surface area contributed by atoms with E-state index in [1.807, 2.05) is 66.7 Å². The van der Waals surface area contributed by atoms with Gasteiger partial charge in [0.15, 0.2) is 0 Å². The molecule has 8 nitrogen and oxygen atoms in total. The van der Waals surface area contributed by atoms with Crippen LogP contribution in [-0.2, 0) is 20.7 Å². The summed E-state index contributed by atoms with van der Waals surface area (Å²) in [7, 11) is 0. The highest BCUT2D eigenvalue weighted by molar-refractivity contribution is 6.00. The molecule has 0 aliphatic heterocycles. The van der Waals surface area contributed by atoms with Gasteiger partial charge in [0.1, 0.15) is 23.4 Å². The van der Waals surface area contributed by atoms with Crippen LogP contribution in [0.2, 0.25) is 0 Å². The third-order valence-corrected chi connectivity index (χ3v) is 6.64. The van der Waals surface area contributed by atoms with Crippen LogP contribution in [0.15, 0.2) is 110 Å². The summed E-state index contributed by atoms with van der Waals surface area (Å²) in [5.74, 6) is -1.07. The minimum atomic E-state index is -1.16. The Morgan fingerprint density at radius 1 is 0.907 bits per heavy atom. The Kier molecular flexibility index (Phi) is 9.83. The van der Waals surface area contributed by atoms with Crippen LogP contribution < -0.4 is 10.6 Å². The van der Waals surface area contributed by atoms with E-state index in [4.69, 9.17) is 4.74 Å². The minimum absolute atomic E-state index is 0.00835. The fourth-order valence-corrected chi connectivity index (χ4v) is 4.81. The second-order valence-electron chi connectivity index (χ2n) is 11.2. The predicted molar refractivity (Wildman–Crippen MR) is 169 cm³/mol. The first-order valence-corrected chi connectivity index (χ1v) is 14.1. The molecule has 0 bridgehead atoms. The van der Waals surface area contributed by atoms with Crippen LogP contribution >= 0.6 is 0 Å². The first-order valence-electron chi connectivity index (χ1n) is 14.1. The standard InChI is InChI=1S/C35H37N3O5/c1-5-20-38(33(41)30(21-24-12-7-6-8-13-24)37-34(42)43-35(2,3)4)31(27-16-11-17-29(39)23-27)32(40)36-28-19-18-25-14-9-10-15-26(25)22-28/h5-19,22-23,30-31,39H,1,20-21H2,2-4H3,(H,36,40)(H,37,42). The van der Waals surface area contributed by atoms with Gasteiger partial charge in [-0.2, -0.15) is 0 Å². The summed E-state index contributed by atoms with van der Waals surface area (Å²) in [6, 6.07) is 26.6. The lowest BCUT2D eigenvalue weighted by Gasteiger charge is -2.34. The lowest BCUT2D eigenvalue weighted by atomic mass is 10.00. The van der Waals surface area contributed by atoms with Gasteiger partial charge < -0.3 is 25.4 Å². The van der Waals surface area contributed by atoms with Gasteiger partial charge in [0, 0.05) is 18.7 Å². The Labute approximate surface area is 252 Å². The van der Waals surface area contributed by atoms with E-state index in [2.05, 4.69) is 17.2 Å². The number of aromatic hydroxyl groups is 1. The molecule has 0 fully saturated rings. The van der Waals surface area contributed by atoms with E-state index in [0.29, 0.717) is 11.3 Å². The number of alkyl carbamates (subject to hydrolysis) is 1. The Morgan fingerprint density at radius 2 is 1.60 bits per heavy atom. The van der Waals surface area contributed by atoms with Gasteiger partial charge in [-0.1, -0.05) is 78.9 Å². The second kappa shape index (κ2) is 13.7. The number of ether oxygens (including phenoxy) is 1. The Bertz CT molecular complexity index is 1600. The van der Waals surface area contributed by atoms with Gasteiger partial charge in [-0.15, -0.1) is 6.58 Å². The molecular formula is C35H37N3O5. The first-order chi connectivity index (χ1) is 20.5. The molecule has 0 saturated heterocycles. The van der Waals surface area contributed by atoms with Crippen molar-refractivity contribution in [3.8, 4) is 5.75 Å². The Hall–Kier alpha value is -5.11. The average molecular weight is 580 g/mol. The molecule has 4 rings (SSSR count). The summed E-state index contributed by atoms with van der Waals surface area (Å²) in [5.41, 5.74) is 0.969. The van der Waals surface area contributed by atoms with Crippen molar-refractivity contribution in [1.29, 1.82) is 0 Å². The van der Waals surface area contributed by atoms with Crippen LogP contribution in [0, 0.1) is 0 Å². The van der Waals surface area contributed by atoms with Crippen molar-refractivity contribution >= 4 is 34.4 Å². The second-order valence-corrected chi connectivity index (χ2v) is 11.2. The van der Waals surface area contributed by atoms with Gasteiger partial charge in [-0.05, 0) is 66.9 Å². The Morgan fingerprint density at radius 3 is 2.28 bits per heavy atom. The van der Waals surface area contributed by atoms with Crippen molar-refractivity contribution in [1.82, 2.24) is 10.2 Å². The molecule has 0 spiro atoms. The number of benzene rings is 4. The normalized spacial score (nSPS) is 12.5. The molecule has 8 heteroatoms. The third kappa shape index (κ3) is 8.45.